The van der Waals surface area contributed by atoms with Crippen LogP contribution < -0.4 is 10.6 Å². The molecule has 3 aromatic heterocycles. The third-order valence-corrected chi connectivity index (χ3v) is 8.57. The van der Waals surface area contributed by atoms with Crippen molar-refractivity contribution in [2.75, 3.05) is 5.32 Å². The van der Waals surface area contributed by atoms with Crippen molar-refractivity contribution in [1.82, 2.24) is 9.29 Å². The second-order valence-electron chi connectivity index (χ2n) is 8.00. The zero-order valence-corrected chi connectivity index (χ0v) is 21.0. The summed E-state index contributed by atoms with van der Waals surface area (Å²) < 4.78 is 32.9. The van der Waals surface area contributed by atoms with Crippen LogP contribution in [0.1, 0.15) is 21.7 Å². The first-order chi connectivity index (χ1) is 17.9. The molecule has 2 aromatic carbocycles. The number of thiophene rings is 1. The highest BCUT2D eigenvalue weighted by Gasteiger charge is 2.21. The van der Waals surface area contributed by atoms with Gasteiger partial charge >= 0.3 is 0 Å². The lowest BCUT2D eigenvalue weighted by Crippen LogP contribution is -2.22. The molecule has 5 rings (SSSR count). The van der Waals surface area contributed by atoms with Crippen LogP contribution >= 0.6 is 11.3 Å². The minimum Gasteiger partial charge on any atom is -0.467 e. The Morgan fingerprint density at radius 2 is 1.86 bits per heavy atom. The molecular weight excluding hydrogens is 510 g/mol. The van der Waals surface area contributed by atoms with Gasteiger partial charge in [-0.15, -0.1) is 11.3 Å². The van der Waals surface area contributed by atoms with E-state index in [4.69, 9.17) is 4.42 Å². The lowest BCUT2D eigenvalue weighted by molar-refractivity contribution is -0.111. The molecular formula is C27H21N3O5S2. The van der Waals surface area contributed by atoms with Gasteiger partial charge in [0.25, 0.3) is 15.9 Å². The van der Waals surface area contributed by atoms with Gasteiger partial charge in [0.15, 0.2) is 0 Å². The molecule has 2 amide bonds. The SMILES string of the molecule is O=C(C=Cc1cn(S(=O)(=O)c2cccs2)c2ccccc12)Nc1cccc(C(=O)NCc2ccco2)c1. The number of furan rings is 1. The Bertz CT molecular complexity index is 1700. The molecule has 0 aliphatic rings. The summed E-state index contributed by atoms with van der Waals surface area (Å²) in [7, 11) is -3.76. The Morgan fingerprint density at radius 1 is 1.00 bits per heavy atom. The highest BCUT2D eigenvalue weighted by atomic mass is 32.2. The third-order valence-electron chi connectivity index (χ3n) is 5.53. The van der Waals surface area contributed by atoms with Crippen molar-refractivity contribution in [3.63, 3.8) is 0 Å². The van der Waals surface area contributed by atoms with Gasteiger partial charge in [-0.2, -0.15) is 8.42 Å². The van der Waals surface area contributed by atoms with Crippen molar-refractivity contribution in [3.8, 4) is 0 Å². The molecule has 10 heteroatoms. The number of carbonyl (C=O) groups is 2. The van der Waals surface area contributed by atoms with Crippen LogP contribution in [0.4, 0.5) is 5.69 Å². The summed E-state index contributed by atoms with van der Waals surface area (Å²) in [6, 6.07) is 20.4. The number of anilines is 1. The van der Waals surface area contributed by atoms with E-state index in [0.717, 1.165) is 11.3 Å². The van der Waals surface area contributed by atoms with E-state index in [1.165, 1.54) is 22.5 Å². The molecule has 0 bridgehead atoms. The Labute approximate surface area is 216 Å². The van der Waals surface area contributed by atoms with Crippen LogP contribution in [0.3, 0.4) is 0 Å². The summed E-state index contributed by atoms with van der Waals surface area (Å²) in [4.78, 5) is 25.1. The van der Waals surface area contributed by atoms with Gasteiger partial charge < -0.3 is 15.1 Å². The zero-order valence-electron chi connectivity index (χ0n) is 19.3. The molecule has 0 saturated heterocycles. The van der Waals surface area contributed by atoms with Crippen molar-refractivity contribution < 1.29 is 22.4 Å². The average Bonchev–Trinajstić information content (AvgIpc) is 3.68. The van der Waals surface area contributed by atoms with Gasteiger partial charge in [0.2, 0.25) is 5.91 Å². The maximum Gasteiger partial charge on any atom is 0.277 e. The second kappa shape index (κ2) is 10.3. The number of nitrogens with zero attached hydrogens (tertiary/aromatic N) is 1. The summed E-state index contributed by atoms with van der Waals surface area (Å²) in [6.07, 6.45) is 5.94. The van der Waals surface area contributed by atoms with Crippen LogP contribution in [0.25, 0.3) is 17.0 Å². The van der Waals surface area contributed by atoms with Crippen LogP contribution in [0, 0.1) is 0 Å². The fourth-order valence-corrected chi connectivity index (χ4v) is 6.24. The monoisotopic (exact) mass is 531 g/mol. The van der Waals surface area contributed by atoms with E-state index in [1.54, 1.807) is 78.2 Å². The summed E-state index contributed by atoms with van der Waals surface area (Å²) in [5, 5.41) is 7.90. The van der Waals surface area contributed by atoms with Crippen LogP contribution in [0.15, 0.2) is 105 Å². The second-order valence-corrected chi connectivity index (χ2v) is 11.0. The zero-order chi connectivity index (χ0) is 25.8. The van der Waals surface area contributed by atoms with E-state index in [2.05, 4.69) is 10.6 Å². The summed E-state index contributed by atoms with van der Waals surface area (Å²) >= 11 is 1.14. The van der Waals surface area contributed by atoms with Crippen molar-refractivity contribution in [2.45, 2.75) is 10.8 Å². The lowest BCUT2D eigenvalue weighted by Gasteiger charge is -2.06. The highest BCUT2D eigenvalue weighted by Crippen LogP contribution is 2.28. The van der Waals surface area contributed by atoms with Gasteiger partial charge in [0.1, 0.15) is 9.97 Å². The van der Waals surface area contributed by atoms with Crippen LogP contribution in [-0.4, -0.2) is 24.2 Å². The van der Waals surface area contributed by atoms with E-state index < -0.39 is 15.9 Å². The first kappa shape index (κ1) is 24.3. The standard InChI is InChI=1S/C27H21N3O5S2/c31-25(29-21-7-3-6-19(16-21)27(32)28-17-22-8-4-14-35-22)13-12-20-18-30(24-10-2-1-9-23(20)24)37(33,34)26-11-5-15-36-26/h1-16,18H,17H2,(H,28,32)(H,29,31). The number of rotatable bonds is 8. The number of benzene rings is 2. The van der Waals surface area contributed by atoms with Gasteiger partial charge in [-0.3, -0.25) is 9.59 Å². The molecule has 0 fully saturated rings. The van der Waals surface area contributed by atoms with Crippen molar-refractivity contribution in [3.05, 3.63) is 114 Å². The van der Waals surface area contributed by atoms with E-state index in [1.807, 2.05) is 6.07 Å². The molecule has 2 N–H and O–H groups in total. The van der Waals surface area contributed by atoms with Gasteiger partial charge in [0.05, 0.1) is 18.3 Å². The summed E-state index contributed by atoms with van der Waals surface area (Å²) in [5.41, 5.74) is 1.93. The average molecular weight is 532 g/mol. The number of hydrogen-bond acceptors (Lipinski definition) is 6. The molecule has 0 aliphatic heterocycles. The summed E-state index contributed by atoms with van der Waals surface area (Å²) in [6.45, 7) is 0.251. The van der Waals surface area contributed by atoms with E-state index in [-0.39, 0.29) is 16.7 Å². The molecule has 0 aliphatic carbocycles. The first-order valence-corrected chi connectivity index (χ1v) is 13.5. The predicted octanol–water partition coefficient (Wildman–Crippen LogP) is 5.11. The van der Waals surface area contributed by atoms with Crippen molar-refractivity contribution in [1.29, 1.82) is 0 Å². The first-order valence-electron chi connectivity index (χ1n) is 11.2. The number of aromatic nitrogens is 1. The number of nitrogens with one attached hydrogen (secondary N) is 2. The highest BCUT2D eigenvalue weighted by molar-refractivity contribution is 7.92. The molecule has 0 radical (unpaired) electrons. The van der Waals surface area contributed by atoms with Gasteiger partial charge in [-0.25, -0.2) is 3.97 Å². The molecule has 0 saturated carbocycles. The number of amides is 2. The number of carbonyl (C=O) groups excluding carboxylic acids is 2. The fourth-order valence-electron chi connectivity index (χ4n) is 3.78. The number of fused-ring (bicyclic) bond motifs is 1. The van der Waals surface area contributed by atoms with Gasteiger partial charge in [0, 0.05) is 34.5 Å². The molecule has 186 valence electrons. The minimum absolute atomic E-state index is 0.231. The topological polar surface area (TPSA) is 110 Å². The molecule has 8 nitrogen and oxygen atoms in total. The molecule has 0 spiro atoms. The Morgan fingerprint density at radius 3 is 2.65 bits per heavy atom. The summed E-state index contributed by atoms with van der Waals surface area (Å²) in [5.74, 6) is -0.0959. The molecule has 0 atom stereocenters. The molecule has 0 unspecified atom stereocenters. The minimum atomic E-state index is -3.76. The van der Waals surface area contributed by atoms with Crippen LogP contribution in [0.5, 0.6) is 0 Å². The van der Waals surface area contributed by atoms with E-state index in [0.29, 0.717) is 33.5 Å². The van der Waals surface area contributed by atoms with Crippen molar-refractivity contribution in [2.24, 2.45) is 0 Å². The molecule has 5 aromatic rings. The van der Waals surface area contributed by atoms with E-state index in [9.17, 15) is 18.0 Å². The van der Waals surface area contributed by atoms with Crippen molar-refractivity contribution >= 4 is 55.8 Å². The fraction of sp³-hybridized carbons (Fsp3) is 0.0370. The number of para-hydroxylation sites is 1. The van der Waals surface area contributed by atoms with Crippen LogP contribution in [-0.2, 0) is 21.4 Å². The Kier molecular flexibility index (Phi) is 6.76. The Balaban J connectivity index is 1.32. The molecule has 3 heterocycles. The lowest BCUT2D eigenvalue weighted by atomic mass is 10.1. The Hall–Kier alpha value is -4.41. The number of hydrogen-bond donors (Lipinski definition) is 2. The maximum absolute atomic E-state index is 13.1. The van der Waals surface area contributed by atoms with Crippen LogP contribution in [0.2, 0.25) is 0 Å². The third kappa shape index (κ3) is 5.25. The normalized spacial score (nSPS) is 11.7. The van der Waals surface area contributed by atoms with Gasteiger partial charge in [-0.1, -0.05) is 30.3 Å². The maximum atomic E-state index is 13.1. The quantitative estimate of drug-likeness (QED) is 0.270. The van der Waals surface area contributed by atoms with E-state index >= 15 is 0 Å². The largest absolute Gasteiger partial charge is 0.467 e. The predicted molar refractivity (Wildman–Crippen MR) is 143 cm³/mol. The molecule has 37 heavy (non-hydrogen) atoms. The smallest absolute Gasteiger partial charge is 0.277 e. The van der Waals surface area contributed by atoms with Gasteiger partial charge in [-0.05, 0) is 53.9 Å².